The number of aryl methyl sites for hydroxylation is 1. The molecule has 2 aromatic heterocycles. The van der Waals surface area contributed by atoms with E-state index in [9.17, 15) is 0 Å². The van der Waals surface area contributed by atoms with Gasteiger partial charge in [-0.3, -0.25) is 0 Å². The van der Waals surface area contributed by atoms with Gasteiger partial charge in [-0.05, 0) is 18.9 Å². The summed E-state index contributed by atoms with van der Waals surface area (Å²) in [7, 11) is 0. The molecule has 0 radical (unpaired) electrons. The topological polar surface area (TPSA) is 64.1 Å². The van der Waals surface area contributed by atoms with E-state index in [0.717, 1.165) is 31.6 Å². The summed E-state index contributed by atoms with van der Waals surface area (Å²) in [5.41, 5.74) is 1.31. The molecule has 1 N–H and O–H groups in total. The first kappa shape index (κ1) is 10.5. The fourth-order valence-corrected chi connectivity index (χ4v) is 2.36. The van der Waals surface area contributed by atoms with Gasteiger partial charge in [0.2, 0.25) is 5.89 Å². The van der Waals surface area contributed by atoms with Crippen molar-refractivity contribution in [1.82, 2.24) is 15.5 Å². The lowest BCUT2D eigenvalue weighted by molar-refractivity contribution is 0.365. The molecule has 2 heterocycles. The molecule has 17 heavy (non-hydrogen) atoms. The van der Waals surface area contributed by atoms with Crippen LogP contribution in [0, 0.1) is 0 Å². The number of nitrogens with zero attached hydrogens (tertiary/aromatic N) is 2. The third-order valence-corrected chi connectivity index (χ3v) is 3.19. The van der Waals surface area contributed by atoms with Crippen molar-refractivity contribution in [3.05, 3.63) is 35.9 Å². The van der Waals surface area contributed by atoms with Gasteiger partial charge < -0.3 is 14.3 Å². The summed E-state index contributed by atoms with van der Waals surface area (Å²) in [5.74, 6) is 1.81. The molecule has 0 bridgehead atoms. The van der Waals surface area contributed by atoms with E-state index in [2.05, 4.69) is 21.5 Å². The Hall–Kier alpha value is -1.62. The molecule has 0 spiro atoms. The fraction of sp³-hybridized carbons (Fsp3) is 0.500. The van der Waals surface area contributed by atoms with Crippen LogP contribution in [0.1, 0.15) is 36.1 Å². The van der Waals surface area contributed by atoms with E-state index < -0.39 is 0 Å². The van der Waals surface area contributed by atoms with E-state index in [4.69, 9.17) is 8.94 Å². The van der Waals surface area contributed by atoms with Gasteiger partial charge in [-0.15, -0.1) is 0 Å². The van der Waals surface area contributed by atoms with Gasteiger partial charge in [-0.1, -0.05) is 5.16 Å². The normalized spacial score (nSPS) is 19.2. The van der Waals surface area contributed by atoms with Crippen molar-refractivity contribution in [2.75, 3.05) is 6.54 Å². The number of hydrogen-bond donors (Lipinski definition) is 1. The molecular formula is C12H15N3O2. The van der Waals surface area contributed by atoms with Crippen LogP contribution in [0.2, 0.25) is 0 Å². The quantitative estimate of drug-likeness (QED) is 0.873. The summed E-state index contributed by atoms with van der Waals surface area (Å²) >= 11 is 0. The van der Waals surface area contributed by atoms with Crippen molar-refractivity contribution in [2.24, 2.45) is 0 Å². The average Bonchev–Trinajstić information content (AvgIpc) is 2.99. The van der Waals surface area contributed by atoms with Gasteiger partial charge in [-0.2, -0.15) is 4.98 Å². The maximum absolute atomic E-state index is 5.46. The lowest BCUT2D eigenvalue weighted by atomic mass is 9.93. The van der Waals surface area contributed by atoms with Crippen molar-refractivity contribution in [3.8, 4) is 0 Å². The molecule has 90 valence electrons. The summed E-state index contributed by atoms with van der Waals surface area (Å²) in [4.78, 5) is 4.00. The first-order valence-electron chi connectivity index (χ1n) is 5.98. The predicted molar refractivity (Wildman–Crippen MR) is 60.4 cm³/mol. The van der Waals surface area contributed by atoms with Crippen molar-refractivity contribution in [2.45, 2.75) is 31.7 Å². The standard InChI is InChI=1S/C12H15N3O2/c1-2-10(9-5-7-16-11(9)3-1)13-6-4-12-14-8-15-17-12/h5,7-8,10,13H,1-4,6H2. The molecular weight excluding hydrogens is 218 g/mol. The Morgan fingerprint density at radius 3 is 3.35 bits per heavy atom. The second-order valence-corrected chi connectivity index (χ2v) is 4.28. The highest BCUT2D eigenvalue weighted by Crippen LogP contribution is 2.30. The van der Waals surface area contributed by atoms with Gasteiger partial charge in [0.25, 0.3) is 0 Å². The zero-order valence-electron chi connectivity index (χ0n) is 9.56. The van der Waals surface area contributed by atoms with Gasteiger partial charge >= 0.3 is 0 Å². The highest BCUT2D eigenvalue weighted by Gasteiger charge is 2.21. The molecule has 1 aliphatic rings. The second kappa shape index (κ2) is 4.71. The van der Waals surface area contributed by atoms with E-state index in [0.29, 0.717) is 11.9 Å². The van der Waals surface area contributed by atoms with E-state index in [1.165, 1.54) is 18.3 Å². The van der Waals surface area contributed by atoms with Crippen LogP contribution < -0.4 is 5.32 Å². The van der Waals surface area contributed by atoms with Gasteiger partial charge in [0.05, 0.1) is 6.26 Å². The van der Waals surface area contributed by atoms with Crippen molar-refractivity contribution in [1.29, 1.82) is 0 Å². The molecule has 1 atom stereocenters. The number of furan rings is 1. The van der Waals surface area contributed by atoms with Gasteiger partial charge in [0.15, 0.2) is 6.33 Å². The average molecular weight is 233 g/mol. The van der Waals surface area contributed by atoms with Crippen LogP contribution in [-0.2, 0) is 12.8 Å². The highest BCUT2D eigenvalue weighted by atomic mass is 16.5. The van der Waals surface area contributed by atoms with Crippen molar-refractivity contribution >= 4 is 0 Å². The van der Waals surface area contributed by atoms with Crippen molar-refractivity contribution < 1.29 is 8.94 Å². The van der Waals surface area contributed by atoms with Gasteiger partial charge in [-0.25, -0.2) is 0 Å². The van der Waals surface area contributed by atoms with Crippen LogP contribution in [0.5, 0.6) is 0 Å². The van der Waals surface area contributed by atoms with Crippen molar-refractivity contribution in [3.63, 3.8) is 0 Å². The predicted octanol–water partition coefficient (Wildman–Crippen LogP) is 1.87. The minimum atomic E-state index is 0.403. The SMILES string of the molecule is c1noc(CCNC2CCCc3occc32)n1. The third-order valence-electron chi connectivity index (χ3n) is 3.19. The smallest absolute Gasteiger partial charge is 0.227 e. The lowest BCUT2D eigenvalue weighted by Gasteiger charge is -2.22. The maximum atomic E-state index is 5.46. The third kappa shape index (κ3) is 2.24. The molecule has 2 aromatic rings. The van der Waals surface area contributed by atoms with Crippen LogP contribution in [0.15, 0.2) is 27.6 Å². The second-order valence-electron chi connectivity index (χ2n) is 4.28. The van der Waals surface area contributed by atoms with Crippen LogP contribution in [0.3, 0.4) is 0 Å². The van der Waals surface area contributed by atoms with Crippen LogP contribution >= 0.6 is 0 Å². The minimum absolute atomic E-state index is 0.403. The molecule has 0 aliphatic heterocycles. The molecule has 0 amide bonds. The number of aromatic nitrogens is 2. The minimum Gasteiger partial charge on any atom is -0.469 e. The Morgan fingerprint density at radius 1 is 1.47 bits per heavy atom. The van der Waals surface area contributed by atoms with Crippen LogP contribution in [0.4, 0.5) is 0 Å². The molecule has 1 aliphatic carbocycles. The Morgan fingerprint density at radius 2 is 2.47 bits per heavy atom. The maximum Gasteiger partial charge on any atom is 0.227 e. The van der Waals surface area contributed by atoms with Crippen LogP contribution in [0.25, 0.3) is 0 Å². The summed E-state index contributed by atoms with van der Waals surface area (Å²) in [6.07, 6.45) is 7.38. The monoisotopic (exact) mass is 233 g/mol. The summed E-state index contributed by atoms with van der Waals surface area (Å²) in [6, 6.07) is 2.47. The largest absolute Gasteiger partial charge is 0.469 e. The summed E-state index contributed by atoms with van der Waals surface area (Å²) in [6.45, 7) is 0.845. The van der Waals surface area contributed by atoms with E-state index >= 15 is 0 Å². The molecule has 3 rings (SSSR count). The lowest BCUT2D eigenvalue weighted by Crippen LogP contribution is -2.26. The Bertz CT molecular complexity index is 464. The molecule has 5 heteroatoms. The molecule has 5 nitrogen and oxygen atoms in total. The molecule has 0 saturated heterocycles. The Balaban J connectivity index is 1.57. The summed E-state index contributed by atoms with van der Waals surface area (Å²) < 4.78 is 10.4. The molecule has 0 aromatic carbocycles. The van der Waals surface area contributed by atoms with Gasteiger partial charge in [0.1, 0.15) is 5.76 Å². The Kier molecular flexibility index (Phi) is 2.92. The number of rotatable bonds is 4. The first-order valence-corrected chi connectivity index (χ1v) is 5.98. The van der Waals surface area contributed by atoms with Gasteiger partial charge in [0, 0.05) is 31.0 Å². The fourth-order valence-electron chi connectivity index (χ4n) is 2.36. The van der Waals surface area contributed by atoms with E-state index in [-0.39, 0.29) is 0 Å². The highest BCUT2D eigenvalue weighted by molar-refractivity contribution is 5.23. The number of fused-ring (bicyclic) bond motifs is 1. The molecule has 1 unspecified atom stereocenters. The molecule has 0 saturated carbocycles. The first-order chi connectivity index (χ1) is 8.43. The number of nitrogens with one attached hydrogen (secondary N) is 1. The van der Waals surface area contributed by atoms with Crippen LogP contribution in [-0.4, -0.2) is 16.7 Å². The van der Waals surface area contributed by atoms with E-state index in [1.54, 1.807) is 6.26 Å². The zero-order chi connectivity index (χ0) is 11.5. The van der Waals surface area contributed by atoms with E-state index in [1.807, 2.05) is 0 Å². The molecule has 0 fully saturated rings. The zero-order valence-corrected chi connectivity index (χ0v) is 9.56. The Labute approximate surface area is 99.2 Å². The number of hydrogen-bond acceptors (Lipinski definition) is 5. The summed E-state index contributed by atoms with van der Waals surface area (Å²) in [5, 5.41) is 7.10.